The maximum atomic E-state index is 12.3. The Balaban J connectivity index is 2.59. The van der Waals surface area contributed by atoms with Gasteiger partial charge in [0.2, 0.25) is 0 Å². The van der Waals surface area contributed by atoms with Gasteiger partial charge in [0.1, 0.15) is 0 Å². The predicted octanol–water partition coefficient (Wildman–Crippen LogP) is 5.02. The number of rotatable bonds is 11. The Morgan fingerprint density at radius 3 is 2.12 bits per heavy atom. The van der Waals surface area contributed by atoms with Crippen molar-refractivity contribution in [1.82, 2.24) is 0 Å². The molecule has 0 saturated carbocycles. The Bertz CT molecular complexity index is 510. The summed E-state index contributed by atoms with van der Waals surface area (Å²) in [4.78, 5) is 24.5. The Hall–Kier alpha value is -1.84. The van der Waals surface area contributed by atoms with Gasteiger partial charge >= 0.3 is 11.9 Å². The van der Waals surface area contributed by atoms with E-state index in [2.05, 4.69) is 13.8 Å². The number of ether oxygens (including phenoxy) is 2. The third-order valence-corrected chi connectivity index (χ3v) is 3.88. The van der Waals surface area contributed by atoms with Crippen LogP contribution in [-0.4, -0.2) is 25.2 Å². The molecule has 0 amide bonds. The molecule has 0 saturated heterocycles. The number of hydrogen-bond acceptors (Lipinski definition) is 4. The average molecular weight is 334 g/mol. The van der Waals surface area contributed by atoms with Crippen molar-refractivity contribution in [2.45, 2.75) is 59.3 Å². The van der Waals surface area contributed by atoms with Gasteiger partial charge in [0.25, 0.3) is 0 Å². The summed E-state index contributed by atoms with van der Waals surface area (Å²) < 4.78 is 10.6. The summed E-state index contributed by atoms with van der Waals surface area (Å²) in [7, 11) is 0. The molecule has 0 aliphatic rings. The molecule has 0 fully saturated rings. The first-order chi connectivity index (χ1) is 11.6. The summed E-state index contributed by atoms with van der Waals surface area (Å²) in [6, 6.07) is 6.68. The van der Waals surface area contributed by atoms with E-state index in [1.165, 1.54) is 0 Å². The lowest BCUT2D eigenvalue weighted by molar-refractivity contribution is 0.0416. The zero-order valence-corrected chi connectivity index (χ0v) is 15.2. The highest BCUT2D eigenvalue weighted by Crippen LogP contribution is 2.14. The molecule has 4 nitrogen and oxygen atoms in total. The second kappa shape index (κ2) is 11.7. The summed E-state index contributed by atoms with van der Waals surface area (Å²) in [6.07, 6.45) is 6.23. The highest BCUT2D eigenvalue weighted by Gasteiger charge is 2.19. The molecule has 0 heterocycles. The summed E-state index contributed by atoms with van der Waals surface area (Å²) in [5.74, 6) is -0.603. The molecule has 0 aliphatic carbocycles. The largest absolute Gasteiger partial charge is 0.462 e. The number of carbonyl (C=O) groups is 2. The minimum Gasteiger partial charge on any atom is -0.462 e. The van der Waals surface area contributed by atoms with Crippen LogP contribution in [0.5, 0.6) is 0 Å². The van der Waals surface area contributed by atoms with Crippen molar-refractivity contribution in [3.63, 3.8) is 0 Å². The van der Waals surface area contributed by atoms with E-state index >= 15 is 0 Å². The SMILES string of the molecule is CCCCCCOC(=O)c1ccccc1C(=O)OCC(C)CCC. The molecular formula is C20H30O4. The summed E-state index contributed by atoms with van der Waals surface area (Å²) in [5.41, 5.74) is 0.556. The van der Waals surface area contributed by atoms with Gasteiger partial charge in [-0.05, 0) is 30.9 Å². The minimum absolute atomic E-state index is 0.278. The molecule has 134 valence electrons. The number of hydrogen-bond donors (Lipinski definition) is 0. The van der Waals surface area contributed by atoms with Crippen LogP contribution in [0.3, 0.4) is 0 Å². The van der Waals surface area contributed by atoms with Gasteiger partial charge in [-0.3, -0.25) is 0 Å². The smallest absolute Gasteiger partial charge is 0.339 e. The average Bonchev–Trinajstić information content (AvgIpc) is 2.59. The van der Waals surface area contributed by atoms with E-state index in [0.717, 1.165) is 38.5 Å². The second-order valence-electron chi connectivity index (χ2n) is 6.23. The zero-order valence-electron chi connectivity index (χ0n) is 15.2. The molecule has 1 atom stereocenters. The second-order valence-corrected chi connectivity index (χ2v) is 6.23. The normalized spacial score (nSPS) is 11.8. The van der Waals surface area contributed by atoms with Gasteiger partial charge in [0, 0.05) is 0 Å². The molecule has 0 radical (unpaired) electrons. The number of benzene rings is 1. The molecule has 0 aliphatic heterocycles. The number of esters is 2. The van der Waals surface area contributed by atoms with E-state index in [-0.39, 0.29) is 11.1 Å². The predicted molar refractivity (Wildman–Crippen MR) is 95.2 cm³/mol. The first kappa shape index (κ1) is 20.2. The van der Waals surface area contributed by atoms with E-state index in [0.29, 0.717) is 19.1 Å². The van der Waals surface area contributed by atoms with Gasteiger partial charge in [-0.2, -0.15) is 0 Å². The van der Waals surface area contributed by atoms with Crippen LogP contribution in [0.4, 0.5) is 0 Å². The monoisotopic (exact) mass is 334 g/mol. The van der Waals surface area contributed by atoms with Gasteiger partial charge in [0.15, 0.2) is 0 Å². The first-order valence-electron chi connectivity index (χ1n) is 9.03. The summed E-state index contributed by atoms with van der Waals surface area (Å²) >= 11 is 0. The summed E-state index contributed by atoms with van der Waals surface area (Å²) in [6.45, 7) is 7.04. The molecular weight excluding hydrogens is 304 g/mol. The third-order valence-electron chi connectivity index (χ3n) is 3.88. The van der Waals surface area contributed by atoms with E-state index in [9.17, 15) is 9.59 Å². The van der Waals surface area contributed by atoms with Crippen LogP contribution in [0.25, 0.3) is 0 Å². The highest BCUT2D eigenvalue weighted by atomic mass is 16.5. The lowest BCUT2D eigenvalue weighted by atomic mass is 10.1. The standard InChI is InChI=1S/C20H30O4/c1-4-6-7-10-14-23-19(21)17-12-8-9-13-18(17)20(22)24-15-16(3)11-5-2/h8-9,12-13,16H,4-7,10-11,14-15H2,1-3H3. The van der Waals surface area contributed by atoms with Crippen LogP contribution in [0.2, 0.25) is 0 Å². The minimum atomic E-state index is -0.462. The quantitative estimate of drug-likeness (QED) is 0.421. The topological polar surface area (TPSA) is 52.6 Å². The Kier molecular flexibility index (Phi) is 9.81. The Labute approximate surface area is 145 Å². The molecule has 4 heteroatoms. The van der Waals surface area contributed by atoms with Crippen LogP contribution >= 0.6 is 0 Å². The van der Waals surface area contributed by atoms with Crippen molar-refractivity contribution in [2.24, 2.45) is 5.92 Å². The lowest BCUT2D eigenvalue weighted by Crippen LogP contribution is -2.17. The number of unbranched alkanes of at least 4 members (excludes halogenated alkanes) is 3. The van der Waals surface area contributed by atoms with Gasteiger partial charge < -0.3 is 9.47 Å². The lowest BCUT2D eigenvalue weighted by Gasteiger charge is -2.12. The fraction of sp³-hybridized carbons (Fsp3) is 0.600. The van der Waals surface area contributed by atoms with E-state index < -0.39 is 11.9 Å². The van der Waals surface area contributed by atoms with Crippen LogP contribution < -0.4 is 0 Å². The molecule has 1 aromatic carbocycles. The van der Waals surface area contributed by atoms with Crippen molar-refractivity contribution >= 4 is 11.9 Å². The molecule has 0 spiro atoms. The molecule has 24 heavy (non-hydrogen) atoms. The van der Waals surface area contributed by atoms with Gasteiger partial charge in [0.05, 0.1) is 24.3 Å². The van der Waals surface area contributed by atoms with Crippen LogP contribution in [-0.2, 0) is 9.47 Å². The Morgan fingerprint density at radius 1 is 0.917 bits per heavy atom. The Morgan fingerprint density at radius 2 is 1.54 bits per heavy atom. The van der Waals surface area contributed by atoms with E-state index in [1.807, 2.05) is 6.92 Å². The van der Waals surface area contributed by atoms with Crippen LogP contribution in [0.1, 0.15) is 80.0 Å². The highest BCUT2D eigenvalue weighted by molar-refractivity contribution is 6.03. The molecule has 0 bridgehead atoms. The van der Waals surface area contributed by atoms with Crippen LogP contribution in [0, 0.1) is 5.92 Å². The first-order valence-corrected chi connectivity index (χ1v) is 9.03. The number of carbonyl (C=O) groups excluding carboxylic acids is 2. The molecule has 1 rings (SSSR count). The van der Waals surface area contributed by atoms with Crippen molar-refractivity contribution in [3.05, 3.63) is 35.4 Å². The summed E-state index contributed by atoms with van der Waals surface area (Å²) in [5, 5.41) is 0. The van der Waals surface area contributed by atoms with Crippen molar-refractivity contribution in [2.75, 3.05) is 13.2 Å². The third kappa shape index (κ3) is 7.16. The van der Waals surface area contributed by atoms with Gasteiger partial charge in [-0.1, -0.05) is 58.6 Å². The van der Waals surface area contributed by atoms with E-state index in [4.69, 9.17) is 9.47 Å². The molecule has 0 N–H and O–H groups in total. The maximum Gasteiger partial charge on any atom is 0.339 e. The maximum absolute atomic E-state index is 12.3. The van der Waals surface area contributed by atoms with Crippen molar-refractivity contribution in [1.29, 1.82) is 0 Å². The van der Waals surface area contributed by atoms with Crippen molar-refractivity contribution in [3.8, 4) is 0 Å². The van der Waals surface area contributed by atoms with Crippen LogP contribution in [0.15, 0.2) is 24.3 Å². The van der Waals surface area contributed by atoms with Gasteiger partial charge in [-0.15, -0.1) is 0 Å². The zero-order chi connectivity index (χ0) is 17.8. The fourth-order valence-corrected chi connectivity index (χ4v) is 2.48. The van der Waals surface area contributed by atoms with E-state index in [1.54, 1.807) is 24.3 Å². The fourth-order valence-electron chi connectivity index (χ4n) is 2.48. The molecule has 0 aromatic heterocycles. The van der Waals surface area contributed by atoms with Gasteiger partial charge in [-0.25, -0.2) is 9.59 Å². The molecule has 1 aromatic rings. The van der Waals surface area contributed by atoms with Crippen molar-refractivity contribution < 1.29 is 19.1 Å². The molecule has 1 unspecified atom stereocenters.